The molecular formula is C14H21N. The predicted molar refractivity (Wildman–Crippen MR) is 65.2 cm³/mol. The van der Waals surface area contributed by atoms with Gasteiger partial charge in [-0.3, -0.25) is 0 Å². The van der Waals surface area contributed by atoms with Gasteiger partial charge in [-0.15, -0.1) is 0 Å². The van der Waals surface area contributed by atoms with E-state index >= 15 is 0 Å². The molecule has 0 amide bonds. The Morgan fingerprint density at radius 1 is 1.07 bits per heavy atom. The second-order valence-electron chi connectivity index (χ2n) is 4.78. The van der Waals surface area contributed by atoms with Gasteiger partial charge in [-0.2, -0.15) is 0 Å². The summed E-state index contributed by atoms with van der Waals surface area (Å²) >= 11 is 0. The van der Waals surface area contributed by atoms with Crippen molar-refractivity contribution in [2.45, 2.75) is 46.1 Å². The van der Waals surface area contributed by atoms with E-state index in [9.17, 15) is 0 Å². The second-order valence-corrected chi connectivity index (χ2v) is 4.78. The molecule has 0 aromatic heterocycles. The number of hydrogen-bond donors (Lipinski definition) is 1. The standard InChI is InChI=1S/C14H21N/c1-10-8-13(9-11(2)12(10)3)14-6-4-5-7-15-14/h8-9,14-15H,4-7H2,1-3H3. The monoisotopic (exact) mass is 203 g/mol. The van der Waals surface area contributed by atoms with Gasteiger partial charge in [0.25, 0.3) is 0 Å². The van der Waals surface area contributed by atoms with Crippen molar-refractivity contribution >= 4 is 0 Å². The molecule has 0 aliphatic carbocycles. The van der Waals surface area contributed by atoms with Crippen molar-refractivity contribution in [3.8, 4) is 0 Å². The number of nitrogens with one attached hydrogen (secondary N) is 1. The summed E-state index contributed by atoms with van der Waals surface area (Å²) in [4.78, 5) is 0. The van der Waals surface area contributed by atoms with Crippen molar-refractivity contribution in [2.75, 3.05) is 6.54 Å². The summed E-state index contributed by atoms with van der Waals surface area (Å²) in [6.45, 7) is 7.82. The average molecular weight is 203 g/mol. The van der Waals surface area contributed by atoms with E-state index in [0.29, 0.717) is 6.04 Å². The molecule has 1 saturated heterocycles. The fourth-order valence-corrected chi connectivity index (χ4v) is 2.41. The van der Waals surface area contributed by atoms with Gasteiger partial charge >= 0.3 is 0 Å². The molecule has 1 aliphatic rings. The molecule has 1 aliphatic heterocycles. The van der Waals surface area contributed by atoms with E-state index in [0.717, 1.165) is 0 Å². The Labute approximate surface area is 92.9 Å². The highest BCUT2D eigenvalue weighted by Gasteiger charge is 2.15. The molecule has 0 bridgehead atoms. The molecule has 1 aromatic rings. The van der Waals surface area contributed by atoms with Gasteiger partial charge < -0.3 is 5.32 Å². The molecule has 1 nitrogen and oxygen atoms in total. The van der Waals surface area contributed by atoms with Crippen LogP contribution in [-0.2, 0) is 0 Å². The molecule has 1 atom stereocenters. The summed E-state index contributed by atoms with van der Waals surface area (Å²) in [6.07, 6.45) is 3.99. The third-order valence-electron chi connectivity index (χ3n) is 3.66. The topological polar surface area (TPSA) is 12.0 Å². The molecule has 1 unspecified atom stereocenters. The quantitative estimate of drug-likeness (QED) is 0.737. The van der Waals surface area contributed by atoms with E-state index in [-0.39, 0.29) is 0 Å². The van der Waals surface area contributed by atoms with Crippen LogP contribution in [0, 0.1) is 20.8 Å². The minimum atomic E-state index is 0.594. The second kappa shape index (κ2) is 4.36. The lowest BCUT2D eigenvalue weighted by atomic mass is 9.92. The first kappa shape index (κ1) is 10.7. The van der Waals surface area contributed by atoms with Crippen molar-refractivity contribution in [1.29, 1.82) is 0 Å². The van der Waals surface area contributed by atoms with E-state index in [1.165, 1.54) is 48.1 Å². The SMILES string of the molecule is Cc1cc(C2CCCCN2)cc(C)c1C. The van der Waals surface area contributed by atoms with Crippen LogP contribution in [-0.4, -0.2) is 6.54 Å². The minimum absolute atomic E-state index is 0.594. The molecule has 1 fully saturated rings. The molecule has 2 rings (SSSR count). The molecule has 1 heteroatoms. The van der Waals surface area contributed by atoms with Crippen LogP contribution in [0.3, 0.4) is 0 Å². The third kappa shape index (κ3) is 2.23. The summed E-state index contributed by atoms with van der Waals surface area (Å²) in [5.74, 6) is 0. The fourth-order valence-electron chi connectivity index (χ4n) is 2.41. The Kier molecular flexibility index (Phi) is 3.11. The highest BCUT2D eigenvalue weighted by Crippen LogP contribution is 2.26. The first-order valence-electron chi connectivity index (χ1n) is 5.99. The average Bonchev–Trinajstić information content (AvgIpc) is 2.26. The maximum atomic E-state index is 3.61. The number of hydrogen-bond acceptors (Lipinski definition) is 1. The molecule has 0 radical (unpaired) electrons. The number of benzene rings is 1. The van der Waals surface area contributed by atoms with Gasteiger partial charge in [-0.05, 0) is 62.4 Å². The van der Waals surface area contributed by atoms with Crippen LogP contribution in [0.2, 0.25) is 0 Å². The van der Waals surface area contributed by atoms with Crippen molar-refractivity contribution in [3.05, 3.63) is 34.4 Å². The normalized spacial score (nSPS) is 21.7. The van der Waals surface area contributed by atoms with Crippen LogP contribution < -0.4 is 5.32 Å². The van der Waals surface area contributed by atoms with E-state index in [4.69, 9.17) is 0 Å². The molecule has 0 saturated carbocycles. The van der Waals surface area contributed by atoms with Crippen LogP contribution in [0.1, 0.15) is 47.6 Å². The maximum Gasteiger partial charge on any atom is 0.0320 e. The van der Waals surface area contributed by atoms with Crippen LogP contribution in [0.4, 0.5) is 0 Å². The Bertz CT molecular complexity index is 325. The molecule has 1 N–H and O–H groups in total. The summed E-state index contributed by atoms with van der Waals surface area (Å²) in [6, 6.07) is 5.30. The lowest BCUT2D eigenvalue weighted by Gasteiger charge is -2.25. The number of aryl methyl sites for hydroxylation is 2. The zero-order valence-electron chi connectivity index (χ0n) is 10.1. The molecular weight excluding hydrogens is 182 g/mol. The van der Waals surface area contributed by atoms with Gasteiger partial charge in [0.2, 0.25) is 0 Å². The van der Waals surface area contributed by atoms with Crippen molar-refractivity contribution in [3.63, 3.8) is 0 Å². The van der Waals surface area contributed by atoms with E-state index in [2.05, 4.69) is 38.2 Å². The van der Waals surface area contributed by atoms with E-state index in [1.54, 1.807) is 0 Å². The number of rotatable bonds is 1. The Balaban J connectivity index is 2.27. The lowest BCUT2D eigenvalue weighted by Crippen LogP contribution is -2.26. The Hall–Kier alpha value is -0.820. The van der Waals surface area contributed by atoms with Gasteiger partial charge in [-0.1, -0.05) is 18.6 Å². The molecule has 0 spiro atoms. The predicted octanol–water partition coefficient (Wildman–Crippen LogP) is 3.43. The lowest BCUT2D eigenvalue weighted by molar-refractivity contribution is 0.412. The zero-order valence-corrected chi connectivity index (χ0v) is 10.1. The smallest absolute Gasteiger partial charge is 0.0320 e. The fraction of sp³-hybridized carbons (Fsp3) is 0.571. The highest BCUT2D eigenvalue weighted by molar-refractivity contribution is 5.38. The molecule has 1 heterocycles. The zero-order chi connectivity index (χ0) is 10.8. The van der Waals surface area contributed by atoms with Crippen LogP contribution in [0.5, 0.6) is 0 Å². The van der Waals surface area contributed by atoms with Gasteiger partial charge in [0.05, 0.1) is 0 Å². The third-order valence-corrected chi connectivity index (χ3v) is 3.66. The van der Waals surface area contributed by atoms with Crippen LogP contribution in [0.15, 0.2) is 12.1 Å². The minimum Gasteiger partial charge on any atom is -0.310 e. The maximum absolute atomic E-state index is 3.61. The molecule has 1 aromatic carbocycles. The Morgan fingerprint density at radius 2 is 1.73 bits per heavy atom. The van der Waals surface area contributed by atoms with Gasteiger partial charge in [0.15, 0.2) is 0 Å². The van der Waals surface area contributed by atoms with E-state index in [1.807, 2.05) is 0 Å². The molecule has 82 valence electrons. The largest absolute Gasteiger partial charge is 0.310 e. The first-order valence-corrected chi connectivity index (χ1v) is 5.99. The van der Waals surface area contributed by atoms with Crippen LogP contribution >= 0.6 is 0 Å². The van der Waals surface area contributed by atoms with Crippen molar-refractivity contribution < 1.29 is 0 Å². The first-order chi connectivity index (χ1) is 7.18. The summed E-state index contributed by atoms with van der Waals surface area (Å²) < 4.78 is 0. The van der Waals surface area contributed by atoms with E-state index < -0.39 is 0 Å². The van der Waals surface area contributed by atoms with Crippen molar-refractivity contribution in [2.24, 2.45) is 0 Å². The van der Waals surface area contributed by atoms with Gasteiger partial charge in [-0.25, -0.2) is 0 Å². The van der Waals surface area contributed by atoms with Crippen molar-refractivity contribution in [1.82, 2.24) is 5.32 Å². The highest BCUT2D eigenvalue weighted by atomic mass is 14.9. The summed E-state index contributed by atoms with van der Waals surface area (Å²) in [7, 11) is 0. The van der Waals surface area contributed by atoms with Gasteiger partial charge in [0.1, 0.15) is 0 Å². The van der Waals surface area contributed by atoms with Gasteiger partial charge in [0, 0.05) is 6.04 Å². The summed E-state index contributed by atoms with van der Waals surface area (Å²) in [5, 5.41) is 3.61. The summed E-state index contributed by atoms with van der Waals surface area (Å²) in [5.41, 5.74) is 5.78. The Morgan fingerprint density at radius 3 is 2.27 bits per heavy atom. The van der Waals surface area contributed by atoms with Crippen LogP contribution in [0.25, 0.3) is 0 Å². The number of piperidine rings is 1. The molecule has 15 heavy (non-hydrogen) atoms.